The summed E-state index contributed by atoms with van der Waals surface area (Å²) in [7, 11) is 0. The fourth-order valence-corrected chi connectivity index (χ4v) is 10.5. The van der Waals surface area contributed by atoms with E-state index in [2.05, 4.69) is 163 Å². The van der Waals surface area contributed by atoms with Crippen LogP contribution in [0.2, 0.25) is 0 Å². The van der Waals surface area contributed by atoms with Gasteiger partial charge in [-0.25, -0.2) is 0 Å². The summed E-state index contributed by atoms with van der Waals surface area (Å²) in [4.78, 5) is 18.0. The minimum absolute atomic E-state index is 0.398. The first-order valence-electron chi connectivity index (χ1n) is 27.4. The van der Waals surface area contributed by atoms with Crippen LogP contribution in [0.25, 0.3) is 0 Å². The second-order valence-electron chi connectivity index (χ2n) is 17.8. The highest BCUT2D eigenvalue weighted by atomic mass is 32.2. The van der Waals surface area contributed by atoms with E-state index >= 15 is 0 Å². The van der Waals surface area contributed by atoms with Crippen LogP contribution in [0.1, 0.15) is 6.42 Å². The van der Waals surface area contributed by atoms with Crippen LogP contribution in [0.15, 0.2) is 0 Å². The van der Waals surface area contributed by atoms with Crippen LogP contribution >= 0.6 is 248 Å². The monoisotopic (exact) mass is 1590 g/mol. The standard InChI is InChI=1S/C14H26N2O4S4.C11H20N2O3S4.C9H18N2O2S2.C7H12N2S4.C6H10N2S4.CS2/c21-13(22)15-1-5-17-9-10-19-7-3-16(14(23)24)4-8-20-12-11-18-6-2-15;17-10(18)12-1-4-14-7-8-15-5-3-13(11(19)20)9-16-6-2-12;14-9(15)11-3-7-12-5-1-10-2-6-13-8-4-11;10-6(11)8-2-1-3-9(5-4-8)7(12)13;9-5(10)7-1-2-8(4-3-7)6(11)12;2-1-3/h1-12H2,(H,21,22)(H,23,24);1-9H2,(H,17,18)(H,19,20);10H,1-8H2,(H,14,15);1-5H2,(H,10,11)(H,12,13);1-4H2,(H,9,10)(H,11,12);. The molecule has 5 aliphatic heterocycles. The summed E-state index contributed by atoms with van der Waals surface area (Å²) in [5.74, 6) is 0. The predicted octanol–water partition coefficient (Wildman–Crippen LogP) is 5.76. The number of nitrogens with one attached hydrogen (secondary N) is 1. The van der Waals surface area contributed by atoms with E-state index in [4.69, 9.17) is 153 Å². The largest absolute Gasteiger partial charge is 0.378 e. The summed E-state index contributed by atoms with van der Waals surface area (Å²) in [5, 5.41) is 3.23. The van der Waals surface area contributed by atoms with Gasteiger partial charge in [0.25, 0.3) is 0 Å². The molecule has 0 radical (unpaired) electrons. The van der Waals surface area contributed by atoms with E-state index in [1.165, 1.54) is 0 Å². The van der Waals surface area contributed by atoms with Crippen molar-refractivity contribution in [1.29, 1.82) is 0 Å². The van der Waals surface area contributed by atoms with Crippen molar-refractivity contribution >= 4 is 291 Å². The predicted molar refractivity (Wildman–Crippen MR) is 429 cm³/mol. The summed E-state index contributed by atoms with van der Waals surface area (Å²) in [6, 6.07) is 0. The van der Waals surface area contributed by atoms with Crippen molar-refractivity contribution < 1.29 is 42.6 Å². The zero-order valence-corrected chi connectivity index (χ0v) is 65.6. The van der Waals surface area contributed by atoms with Crippen LogP contribution in [0.3, 0.4) is 0 Å². The molecule has 502 valence electrons. The van der Waals surface area contributed by atoms with Crippen molar-refractivity contribution in [2.75, 3.05) is 243 Å². The number of rotatable bonds is 0. The third-order valence-corrected chi connectivity index (χ3v) is 16.8. The lowest BCUT2D eigenvalue weighted by atomic mass is 10.4. The smallest absolute Gasteiger partial charge is 0.135 e. The molecule has 0 bridgehead atoms. The van der Waals surface area contributed by atoms with Crippen molar-refractivity contribution in [2.24, 2.45) is 0 Å². The molecule has 0 amide bonds. The number of nitrogens with zero attached hydrogens (tertiary/aromatic N) is 9. The SMILES string of the molecule is S=C(S)N1CCCN(C(=S)S)CC1.S=C(S)N1CCN(C(=S)S)CC1.S=C(S)N1CCOCCNCCOCC1.S=C(S)N1CCOCCOCCN(C(=S)S)CCOCCOCC1.S=C(S)N1CCOCCOCCN(C(=S)S)COCC1.S=C=S. The molecule has 5 fully saturated rings. The maximum Gasteiger partial charge on any atom is 0.135 e. The molecule has 87 heavy (non-hydrogen) atoms. The highest BCUT2D eigenvalue weighted by molar-refractivity contribution is 8.13. The van der Waals surface area contributed by atoms with E-state index in [0.29, 0.717) is 191 Å². The topological polar surface area (TPSA) is 124 Å². The van der Waals surface area contributed by atoms with E-state index < -0.39 is 0 Å². The van der Waals surface area contributed by atoms with E-state index in [1.807, 2.05) is 28.8 Å². The zero-order chi connectivity index (χ0) is 65.0. The van der Waals surface area contributed by atoms with Crippen molar-refractivity contribution in [3.05, 3.63) is 0 Å². The van der Waals surface area contributed by atoms with E-state index in [9.17, 15) is 0 Å². The van der Waals surface area contributed by atoms with E-state index in [0.717, 1.165) is 98.2 Å². The Balaban J connectivity index is 0.00000107. The van der Waals surface area contributed by atoms with Crippen LogP contribution in [0, 0.1) is 0 Å². The molecule has 0 aromatic carbocycles. The number of piperazine rings is 1. The lowest BCUT2D eigenvalue weighted by Crippen LogP contribution is -2.47. The van der Waals surface area contributed by atoms with Gasteiger partial charge in [0, 0.05) is 129 Å². The van der Waals surface area contributed by atoms with Crippen LogP contribution < -0.4 is 5.32 Å². The van der Waals surface area contributed by atoms with Gasteiger partial charge in [0.2, 0.25) is 0 Å². The Morgan fingerprint density at radius 3 is 0.632 bits per heavy atom. The maximum absolute atomic E-state index is 5.59. The number of thiol groups is 9. The summed E-state index contributed by atoms with van der Waals surface area (Å²) < 4.78 is 57.0. The summed E-state index contributed by atoms with van der Waals surface area (Å²) in [6.45, 7) is 25.8. The molecule has 5 aliphatic rings. The average molecular weight is 1590 g/mol. The fraction of sp³-hybridized carbons (Fsp3) is 0.792. The van der Waals surface area contributed by atoms with Gasteiger partial charge in [-0.3, -0.25) is 0 Å². The minimum Gasteiger partial charge on any atom is -0.378 e. The Kier molecular flexibility index (Phi) is 61.8. The number of hydrogen-bond acceptors (Lipinski definition) is 21. The van der Waals surface area contributed by atoms with E-state index in [-0.39, 0.29) is 0 Å². The quantitative estimate of drug-likeness (QED) is 0.107. The Morgan fingerprint density at radius 2 is 0.414 bits per heavy atom. The Bertz CT molecular complexity index is 1860. The summed E-state index contributed by atoms with van der Waals surface area (Å²) in [6.07, 6.45) is 1.06. The molecule has 19 nitrogen and oxygen atoms in total. The van der Waals surface area contributed by atoms with Gasteiger partial charge < -0.3 is 92.0 Å². The molecule has 5 rings (SSSR count). The molecule has 5 heterocycles. The van der Waals surface area contributed by atoms with Gasteiger partial charge in [0.1, 0.15) is 45.6 Å². The van der Waals surface area contributed by atoms with Gasteiger partial charge in [0.05, 0.1) is 112 Å². The van der Waals surface area contributed by atoms with Crippen LogP contribution in [-0.2, 0) is 42.6 Å². The third kappa shape index (κ3) is 51.0. The summed E-state index contributed by atoms with van der Waals surface area (Å²) in [5.41, 5.74) is 0. The second-order valence-corrected chi connectivity index (χ2v) is 28.5. The van der Waals surface area contributed by atoms with Gasteiger partial charge in [-0.05, 0) is 30.9 Å². The lowest BCUT2D eigenvalue weighted by molar-refractivity contribution is 0.0123. The highest BCUT2D eigenvalue weighted by Crippen LogP contribution is 2.10. The molecule has 0 saturated carbocycles. The Labute approximate surface area is 626 Å². The van der Waals surface area contributed by atoms with Gasteiger partial charge in [-0.1, -0.05) is 110 Å². The van der Waals surface area contributed by atoms with Crippen LogP contribution in [0.4, 0.5) is 0 Å². The zero-order valence-electron chi connectivity index (χ0n) is 48.6. The van der Waals surface area contributed by atoms with Crippen molar-refractivity contribution in [1.82, 2.24) is 49.4 Å². The van der Waals surface area contributed by atoms with Gasteiger partial charge >= 0.3 is 0 Å². The van der Waals surface area contributed by atoms with Crippen LogP contribution in [0.5, 0.6) is 0 Å². The van der Waals surface area contributed by atoms with Gasteiger partial charge in [-0.2, -0.15) is 0 Å². The van der Waals surface area contributed by atoms with Crippen molar-refractivity contribution in [2.45, 2.75) is 6.42 Å². The number of thiocarbonyl (C=S) groups is 11. The second kappa shape index (κ2) is 60.4. The molecule has 0 aromatic heterocycles. The van der Waals surface area contributed by atoms with Gasteiger partial charge in [-0.15, -0.1) is 114 Å². The van der Waals surface area contributed by atoms with Crippen molar-refractivity contribution in [3.8, 4) is 0 Å². The molecular formula is C48H86N10O9S20. The van der Waals surface area contributed by atoms with Crippen molar-refractivity contribution in [3.63, 3.8) is 0 Å². The maximum atomic E-state index is 5.59. The molecule has 5 saturated heterocycles. The molecule has 0 atom stereocenters. The first-order valence-corrected chi connectivity index (χ1v) is 35.9. The summed E-state index contributed by atoms with van der Waals surface area (Å²) >= 11 is 90.7. The van der Waals surface area contributed by atoms with Gasteiger partial charge in [0.15, 0.2) is 0 Å². The Hall–Kier alpha value is 1.98. The first-order chi connectivity index (χ1) is 41.7. The Morgan fingerprint density at radius 1 is 0.241 bits per heavy atom. The molecule has 0 unspecified atom stereocenters. The molecule has 0 spiro atoms. The third-order valence-electron chi connectivity index (χ3n) is 12.0. The molecule has 0 aromatic rings. The molecule has 1 N–H and O–H groups in total. The first kappa shape index (κ1) is 89.0. The average Bonchev–Trinajstić information content (AvgIpc) is 3.93. The minimum atomic E-state index is 0.398. The van der Waals surface area contributed by atoms with E-state index in [1.54, 1.807) is 0 Å². The molecular weight excluding hydrogens is 1500 g/mol. The highest BCUT2D eigenvalue weighted by Gasteiger charge is 2.19. The molecule has 39 heteroatoms. The number of ether oxygens (including phenoxy) is 9. The molecule has 0 aliphatic carbocycles. The van der Waals surface area contributed by atoms with Crippen LogP contribution in [-0.4, -0.2) is 331 Å². The normalized spacial score (nSPS) is 19.4. The lowest BCUT2D eigenvalue weighted by Gasteiger charge is -2.35. The fourth-order valence-electron chi connectivity index (χ4n) is 7.15. The number of hydrogen-bond donors (Lipinski definition) is 10.